The third kappa shape index (κ3) is 8.79. The number of rotatable bonds is 8. The monoisotopic (exact) mass is 296 g/mol. The number of alkyl halides is 2. The molecule has 0 aromatic heterocycles. The molecule has 0 aliphatic rings. The summed E-state index contributed by atoms with van der Waals surface area (Å²) in [6.07, 6.45) is -0.741. The summed E-state index contributed by atoms with van der Waals surface area (Å²) in [7, 11) is 0. The molecule has 0 heterocycles. The summed E-state index contributed by atoms with van der Waals surface area (Å²) in [5.74, 6) is -5.62. The van der Waals surface area contributed by atoms with E-state index < -0.39 is 29.9 Å². The van der Waals surface area contributed by atoms with Gasteiger partial charge in [-0.05, 0) is 34.1 Å². The number of ether oxygens (including phenoxy) is 3. The molecular weight excluding hydrogens is 274 g/mol. The summed E-state index contributed by atoms with van der Waals surface area (Å²) in [4.78, 5) is 22.1. The molecule has 0 aromatic carbocycles. The average molecular weight is 296 g/mol. The van der Waals surface area contributed by atoms with Crippen molar-refractivity contribution in [3.63, 3.8) is 0 Å². The molecule has 118 valence electrons. The smallest absolute Gasteiger partial charge is 0.376 e. The van der Waals surface area contributed by atoms with Crippen molar-refractivity contribution < 1.29 is 32.6 Å². The van der Waals surface area contributed by atoms with Crippen LogP contribution in [0.1, 0.15) is 40.5 Å². The van der Waals surface area contributed by atoms with E-state index in [1.807, 2.05) is 0 Å². The van der Waals surface area contributed by atoms with E-state index in [2.05, 4.69) is 4.74 Å². The molecule has 0 N–H and O–H groups in total. The molecule has 0 rings (SSSR count). The van der Waals surface area contributed by atoms with Crippen molar-refractivity contribution >= 4 is 11.9 Å². The lowest BCUT2D eigenvalue weighted by molar-refractivity contribution is -0.173. The fourth-order valence-electron chi connectivity index (χ4n) is 1.26. The Morgan fingerprint density at radius 3 is 2.25 bits per heavy atom. The van der Waals surface area contributed by atoms with Gasteiger partial charge in [-0.25, -0.2) is 9.59 Å². The summed E-state index contributed by atoms with van der Waals surface area (Å²) in [6.45, 7) is 6.14. The maximum atomic E-state index is 13.2. The zero-order valence-corrected chi connectivity index (χ0v) is 12.3. The van der Waals surface area contributed by atoms with Crippen LogP contribution >= 0.6 is 0 Å². The number of halogens is 2. The van der Waals surface area contributed by atoms with Crippen LogP contribution in [0.25, 0.3) is 0 Å². The molecule has 0 spiro atoms. The standard InChI is InChI=1S/C13H22F2O5/c1-5-19-11(17)13(14,15)7-6-8-18-9-10(16)20-12(2,3)4/h5-9H2,1-4H3. The zero-order chi connectivity index (χ0) is 15.8. The molecule has 7 heteroatoms. The number of hydrogen-bond donors (Lipinski definition) is 0. The Balaban J connectivity index is 3.81. The predicted octanol–water partition coefficient (Wildman–Crippen LogP) is 2.32. The van der Waals surface area contributed by atoms with Gasteiger partial charge in [0.25, 0.3) is 0 Å². The van der Waals surface area contributed by atoms with Crippen LogP contribution in [0.3, 0.4) is 0 Å². The van der Waals surface area contributed by atoms with E-state index in [4.69, 9.17) is 9.47 Å². The summed E-state index contributed by atoms with van der Waals surface area (Å²) in [6, 6.07) is 0. The van der Waals surface area contributed by atoms with Crippen LogP contribution in [0.5, 0.6) is 0 Å². The van der Waals surface area contributed by atoms with Gasteiger partial charge in [0, 0.05) is 13.0 Å². The molecule has 0 bridgehead atoms. The topological polar surface area (TPSA) is 61.8 Å². The third-order valence-corrected chi connectivity index (χ3v) is 1.99. The Hall–Kier alpha value is -1.24. The van der Waals surface area contributed by atoms with Gasteiger partial charge in [-0.3, -0.25) is 0 Å². The van der Waals surface area contributed by atoms with E-state index in [9.17, 15) is 18.4 Å². The van der Waals surface area contributed by atoms with E-state index >= 15 is 0 Å². The third-order valence-electron chi connectivity index (χ3n) is 1.99. The van der Waals surface area contributed by atoms with E-state index in [-0.39, 0.29) is 26.2 Å². The number of hydrogen-bond acceptors (Lipinski definition) is 5. The van der Waals surface area contributed by atoms with Gasteiger partial charge in [0.05, 0.1) is 6.61 Å². The van der Waals surface area contributed by atoms with Crippen molar-refractivity contribution in [2.24, 2.45) is 0 Å². The molecule has 0 saturated heterocycles. The number of esters is 2. The van der Waals surface area contributed by atoms with Gasteiger partial charge in [0.1, 0.15) is 12.2 Å². The molecule has 0 radical (unpaired) electrons. The van der Waals surface area contributed by atoms with Crippen molar-refractivity contribution in [1.29, 1.82) is 0 Å². The van der Waals surface area contributed by atoms with Crippen LogP contribution in [0.4, 0.5) is 8.78 Å². The van der Waals surface area contributed by atoms with Crippen molar-refractivity contribution in [1.82, 2.24) is 0 Å². The minimum absolute atomic E-state index is 0.0609. The lowest BCUT2D eigenvalue weighted by Gasteiger charge is -2.19. The van der Waals surface area contributed by atoms with Gasteiger partial charge in [-0.1, -0.05) is 0 Å². The largest absolute Gasteiger partial charge is 0.462 e. The average Bonchev–Trinajstić information content (AvgIpc) is 2.26. The Labute approximate surface area is 117 Å². The molecule has 0 fully saturated rings. The second-order valence-corrected chi connectivity index (χ2v) is 5.17. The number of carbonyl (C=O) groups excluding carboxylic acids is 2. The highest BCUT2D eigenvalue weighted by molar-refractivity contribution is 5.77. The van der Waals surface area contributed by atoms with Crippen molar-refractivity contribution in [3.8, 4) is 0 Å². The maximum Gasteiger partial charge on any atom is 0.376 e. The first-order valence-electron chi connectivity index (χ1n) is 6.43. The first kappa shape index (κ1) is 18.8. The second kappa shape index (κ2) is 8.14. The van der Waals surface area contributed by atoms with Crippen LogP contribution in [-0.2, 0) is 23.8 Å². The summed E-state index contributed by atoms with van der Waals surface area (Å²) in [5, 5.41) is 0. The van der Waals surface area contributed by atoms with Gasteiger partial charge in [-0.2, -0.15) is 8.78 Å². The van der Waals surface area contributed by atoms with Crippen LogP contribution in [0.15, 0.2) is 0 Å². The molecular formula is C13H22F2O5. The van der Waals surface area contributed by atoms with Crippen LogP contribution in [0.2, 0.25) is 0 Å². The lowest BCUT2D eigenvalue weighted by Crippen LogP contribution is -2.31. The molecule has 5 nitrogen and oxygen atoms in total. The molecule has 0 saturated carbocycles. The Morgan fingerprint density at radius 2 is 1.75 bits per heavy atom. The molecule has 0 aromatic rings. The van der Waals surface area contributed by atoms with Crippen LogP contribution < -0.4 is 0 Å². The lowest BCUT2D eigenvalue weighted by atomic mass is 10.2. The van der Waals surface area contributed by atoms with Crippen molar-refractivity contribution in [3.05, 3.63) is 0 Å². The summed E-state index contributed by atoms with van der Waals surface area (Å²) >= 11 is 0. The van der Waals surface area contributed by atoms with Crippen molar-refractivity contribution in [2.75, 3.05) is 19.8 Å². The van der Waals surface area contributed by atoms with Gasteiger partial charge in [0.2, 0.25) is 0 Å². The van der Waals surface area contributed by atoms with Gasteiger partial charge < -0.3 is 14.2 Å². The maximum absolute atomic E-state index is 13.2. The molecule has 0 aliphatic heterocycles. The molecule has 0 unspecified atom stereocenters. The highest BCUT2D eigenvalue weighted by atomic mass is 19.3. The Kier molecular flexibility index (Phi) is 7.63. The zero-order valence-electron chi connectivity index (χ0n) is 12.3. The molecule has 0 aliphatic carbocycles. The van der Waals surface area contributed by atoms with E-state index in [0.717, 1.165) is 0 Å². The Morgan fingerprint density at radius 1 is 1.15 bits per heavy atom. The predicted molar refractivity (Wildman–Crippen MR) is 67.5 cm³/mol. The molecule has 20 heavy (non-hydrogen) atoms. The fraction of sp³-hybridized carbons (Fsp3) is 0.846. The van der Waals surface area contributed by atoms with Crippen molar-refractivity contribution in [2.45, 2.75) is 52.1 Å². The number of carbonyl (C=O) groups is 2. The van der Waals surface area contributed by atoms with Gasteiger partial charge in [-0.15, -0.1) is 0 Å². The highest BCUT2D eigenvalue weighted by Crippen LogP contribution is 2.22. The normalized spacial score (nSPS) is 12.1. The summed E-state index contributed by atoms with van der Waals surface area (Å²) < 4.78 is 40.5. The Bertz CT molecular complexity index is 323. The second-order valence-electron chi connectivity index (χ2n) is 5.17. The quantitative estimate of drug-likeness (QED) is 0.508. The van der Waals surface area contributed by atoms with E-state index in [1.165, 1.54) is 6.92 Å². The van der Waals surface area contributed by atoms with Gasteiger partial charge >= 0.3 is 17.9 Å². The minimum atomic E-state index is -3.52. The SMILES string of the molecule is CCOC(=O)C(F)(F)CCCOCC(=O)OC(C)(C)C. The van der Waals surface area contributed by atoms with E-state index in [1.54, 1.807) is 20.8 Å². The fourth-order valence-corrected chi connectivity index (χ4v) is 1.26. The minimum Gasteiger partial charge on any atom is -0.462 e. The van der Waals surface area contributed by atoms with Gasteiger partial charge in [0.15, 0.2) is 0 Å². The van der Waals surface area contributed by atoms with Crippen LogP contribution in [0, 0.1) is 0 Å². The highest BCUT2D eigenvalue weighted by Gasteiger charge is 2.39. The van der Waals surface area contributed by atoms with Crippen LogP contribution in [-0.4, -0.2) is 43.3 Å². The first-order valence-corrected chi connectivity index (χ1v) is 6.43. The molecule has 0 amide bonds. The molecule has 0 atom stereocenters. The summed E-state index contributed by atoms with van der Waals surface area (Å²) in [5.41, 5.74) is -0.614. The van der Waals surface area contributed by atoms with E-state index in [0.29, 0.717) is 0 Å². The first-order chi connectivity index (χ1) is 9.08.